The molecule has 0 atom stereocenters. The Balaban J connectivity index is 3.04. The van der Waals surface area contributed by atoms with Crippen molar-refractivity contribution < 1.29 is 0 Å². The number of hydrogen-bond acceptors (Lipinski definition) is 1. The van der Waals surface area contributed by atoms with Gasteiger partial charge in [0.2, 0.25) is 0 Å². The minimum Gasteiger partial charge on any atom is -0.256 e. The molecule has 0 aliphatic heterocycles. The summed E-state index contributed by atoms with van der Waals surface area (Å²) in [5.74, 6) is 0.534. The van der Waals surface area contributed by atoms with Crippen molar-refractivity contribution in [1.82, 2.24) is 9.78 Å². The smallest absolute Gasteiger partial charge is 0.107 e. The summed E-state index contributed by atoms with van der Waals surface area (Å²) in [7, 11) is 0. The van der Waals surface area contributed by atoms with Crippen molar-refractivity contribution in [2.75, 3.05) is 0 Å². The van der Waals surface area contributed by atoms with Crippen LogP contribution in [0, 0.1) is 0 Å². The van der Waals surface area contributed by atoms with Gasteiger partial charge < -0.3 is 0 Å². The van der Waals surface area contributed by atoms with E-state index in [1.807, 2.05) is 10.9 Å². The van der Waals surface area contributed by atoms with E-state index < -0.39 is 0 Å². The third kappa shape index (κ3) is 1.71. The standard InChI is InChI=1S/C9H15BrN2/c1-6(2)8-5-11-12(7(3)4)9(8)10/h5-7H,1-4H3. The molecule has 0 saturated heterocycles. The van der Waals surface area contributed by atoms with Gasteiger partial charge in [-0.1, -0.05) is 13.8 Å². The van der Waals surface area contributed by atoms with E-state index in [-0.39, 0.29) is 0 Å². The molecule has 1 rings (SSSR count). The molecule has 0 saturated carbocycles. The first kappa shape index (κ1) is 9.78. The van der Waals surface area contributed by atoms with E-state index in [0.717, 1.165) is 4.60 Å². The fraction of sp³-hybridized carbons (Fsp3) is 0.667. The van der Waals surface area contributed by atoms with E-state index in [9.17, 15) is 0 Å². The number of aromatic nitrogens is 2. The summed E-state index contributed by atoms with van der Waals surface area (Å²) in [6.45, 7) is 8.60. The van der Waals surface area contributed by atoms with Crippen LogP contribution >= 0.6 is 15.9 Å². The van der Waals surface area contributed by atoms with Gasteiger partial charge in [-0.2, -0.15) is 5.10 Å². The highest BCUT2D eigenvalue weighted by Crippen LogP contribution is 2.26. The van der Waals surface area contributed by atoms with Crippen LogP contribution in [0.5, 0.6) is 0 Å². The van der Waals surface area contributed by atoms with Gasteiger partial charge in [-0.15, -0.1) is 0 Å². The SMILES string of the molecule is CC(C)c1cnn(C(C)C)c1Br. The molecule has 3 heteroatoms. The second kappa shape index (κ2) is 3.60. The Morgan fingerprint density at radius 2 is 1.92 bits per heavy atom. The lowest BCUT2D eigenvalue weighted by atomic mass is 10.1. The summed E-state index contributed by atoms with van der Waals surface area (Å²) in [5, 5.41) is 4.31. The van der Waals surface area contributed by atoms with E-state index in [4.69, 9.17) is 0 Å². The van der Waals surface area contributed by atoms with Crippen molar-refractivity contribution in [2.45, 2.75) is 39.7 Å². The molecule has 0 radical (unpaired) electrons. The zero-order valence-corrected chi connectivity index (χ0v) is 9.59. The first-order valence-corrected chi connectivity index (χ1v) is 5.06. The third-order valence-corrected chi connectivity index (χ3v) is 2.69. The molecule has 68 valence electrons. The number of nitrogens with zero attached hydrogens (tertiary/aromatic N) is 2. The van der Waals surface area contributed by atoms with Crippen LogP contribution in [0.25, 0.3) is 0 Å². The molecule has 0 N–H and O–H groups in total. The van der Waals surface area contributed by atoms with E-state index in [2.05, 4.69) is 48.7 Å². The molecule has 12 heavy (non-hydrogen) atoms. The predicted molar refractivity (Wildman–Crippen MR) is 54.4 cm³/mol. The molecule has 1 aromatic heterocycles. The Hall–Kier alpha value is -0.310. The highest BCUT2D eigenvalue weighted by atomic mass is 79.9. The van der Waals surface area contributed by atoms with Crippen LogP contribution in [0.2, 0.25) is 0 Å². The lowest BCUT2D eigenvalue weighted by molar-refractivity contribution is 0.520. The highest BCUT2D eigenvalue weighted by Gasteiger charge is 2.12. The maximum absolute atomic E-state index is 4.31. The Labute approximate surface area is 82.1 Å². The highest BCUT2D eigenvalue weighted by molar-refractivity contribution is 9.10. The summed E-state index contributed by atoms with van der Waals surface area (Å²) in [4.78, 5) is 0. The molecule has 0 unspecified atom stereocenters. The van der Waals surface area contributed by atoms with Gasteiger partial charge in [-0.3, -0.25) is 4.68 Å². The number of hydrogen-bond donors (Lipinski definition) is 0. The molecule has 0 bridgehead atoms. The first-order valence-electron chi connectivity index (χ1n) is 4.27. The molecule has 2 nitrogen and oxygen atoms in total. The molecule has 0 fully saturated rings. The molecule has 1 aromatic rings. The molecule has 0 aliphatic carbocycles. The van der Waals surface area contributed by atoms with Crippen LogP contribution in [0.3, 0.4) is 0 Å². The van der Waals surface area contributed by atoms with Crippen LogP contribution < -0.4 is 0 Å². The summed E-state index contributed by atoms with van der Waals surface area (Å²) < 4.78 is 3.11. The molecule has 0 spiro atoms. The predicted octanol–water partition coefficient (Wildman–Crippen LogP) is 3.35. The van der Waals surface area contributed by atoms with Gasteiger partial charge in [0.05, 0.1) is 6.20 Å². The molecular weight excluding hydrogens is 216 g/mol. The minimum atomic E-state index is 0.423. The van der Waals surface area contributed by atoms with E-state index in [0.29, 0.717) is 12.0 Å². The Morgan fingerprint density at radius 3 is 2.17 bits per heavy atom. The quantitative estimate of drug-likeness (QED) is 0.763. The summed E-state index contributed by atoms with van der Waals surface area (Å²) in [5.41, 5.74) is 1.28. The van der Waals surface area contributed by atoms with Crippen molar-refractivity contribution in [3.05, 3.63) is 16.4 Å². The lowest BCUT2D eigenvalue weighted by Gasteiger charge is -2.08. The summed E-state index contributed by atoms with van der Waals surface area (Å²) in [6.07, 6.45) is 1.94. The van der Waals surface area contributed by atoms with Gasteiger partial charge in [0.25, 0.3) is 0 Å². The second-order valence-corrected chi connectivity index (χ2v) is 4.33. The van der Waals surface area contributed by atoms with Crippen LogP contribution in [0.4, 0.5) is 0 Å². The van der Waals surface area contributed by atoms with Gasteiger partial charge in [-0.25, -0.2) is 0 Å². The van der Waals surface area contributed by atoms with Crippen LogP contribution in [0.1, 0.15) is 45.2 Å². The molecule has 1 heterocycles. The summed E-state index contributed by atoms with van der Waals surface area (Å²) in [6, 6.07) is 0.423. The van der Waals surface area contributed by atoms with E-state index >= 15 is 0 Å². The maximum atomic E-state index is 4.31. The van der Waals surface area contributed by atoms with Crippen molar-refractivity contribution in [1.29, 1.82) is 0 Å². The Bertz CT molecular complexity index is 238. The molecule has 0 aliphatic rings. The largest absolute Gasteiger partial charge is 0.256 e. The van der Waals surface area contributed by atoms with Gasteiger partial charge in [-0.05, 0) is 35.7 Å². The maximum Gasteiger partial charge on any atom is 0.107 e. The minimum absolute atomic E-state index is 0.423. The van der Waals surface area contributed by atoms with E-state index in [1.54, 1.807) is 0 Å². The van der Waals surface area contributed by atoms with Crippen LogP contribution in [-0.4, -0.2) is 9.78 Å². The molecular formula is C9H15BrN2. The monoisotopic (exact) mass is 230 g/mol. The number of halogens is 1. The first-order chi connectivity index (χ1) is 5.54. The zero-order chi connectivity index (χ0) is 9.30. The van der Waals surface area contributed by atoms with Crippen molar-refractivity contribution in [3.8, 4) is 0 Å². The van der Waals surface area contributed by atoms with Crippen molar-refractivity contribution in [2.24, 2.45) is 0 Å². The topological polar surface area (TPSA) is 17.8 Å². The average molecular weight is 231 g/mol. The Kier molecular flexibility index (Phi) is 2.94. The van der Waals surface area contributed by atoms with Crippen molar-refractivity contribution >= 4 is 15.9 Å². The van der Waals surface area contributed by atoms with Crippen molar-refractivity contribution in [3.63, 3.8) is 0 Å². The Morgan fingerprint density at radius 1 is 1.33 bits per heavy atom. The van der Waals surface area contributed by atoms with Crippen LogP contribution in [-0.2, 0) is 0 Å². The fourth-order valence-corrected chi connectivity index (χ4v) is 2.17. The lowest BCUT2D eigenvalue weighted by Crippen LogP contribution is -2.02. The second-order valence-electron chi connectivity index (χ2n) is 3.58. The van der Waals surface area contributed by atoms with E-state index in [1.165, 1.54) is 5.56 Å². The van der Waals surface area contributed by atoms with Gasteiger partial charge in [0.15, 0.2) is 0 Å². The third-order valence-electron chi connectivity index (χ3n) is 1.87. The normalized spacial score (nSPS) is 11.6. The van der Waals surface area contributed by atoms with Crippen LogP contribution in [0.15, 0.2) is 10.8 Å². The van der Waals surface area contributed by atoms with Gasteiger partial charge in [0.1, 0.15) is 4.60 Å². The number of rotatable bonds is 2. The fourth-order valence-electron chi connectivity index (χ4n) is 1.11. The molecule has 0 aromatic carbocycles. The van der Waals surface area contributed by atoms with Gasteiger partial charge >= 0.3 is 0 Å². The summed E-state index contributed by atoms with van der Waals surface area (Å²) >= 11 is 3.55. The zero-order valence-electron chi connectivity index (χ0n) is 8.00. The average Bonchev–Trinajstić information content (AvgIpc) is 2.30. The molecule has 0 amide bonds. The van der Waals surface area contributed by atoms with Gasteiger partial charge in [0, 0.05) is 11.6 Å².